The Kier molecular flexibility index (Phi) is 4.75. The largest absolute Gasteiger partial charge is 0.478 e. The molecule has 0 aliphatic carbocycles. The van der Waals surface area contributed by atoms with Gasteiger partial charge in [-0.2, -0.15) is 0 Å². The van der Waals surface area contributed by atoms with E-state index in [2.05, 4.69) is 4.99 Å². The van der Waals surface area contributed by atoms with Crippen molar-refractivity contribution in [3.8, 4) is 0 Å². The van der Waals surface area contributed by atoms with E-state index in [-0.39, 0.29) is 23.6 Å². The van der Waals surface area contributed by atoms with E-state index >= 15 is 0 Å². The summed E-state index contributed by atoms with van der Waals surface area (Å²) in [5, 5.41) is 9.47. The first-order valence-electron chi connectivity index (χ1n) is 7.95. The van der Waals surface area contributed by atoms with Crippen LogP contribution in [0.2, 0.25) is 0 Å². The van der Waals surface area contributed by atoms with Gasteiger partial charge in [0, 0.05) is 20.0 Å². The van der Waals surface area contributed by atoms with Crippen molar-refractivity contribution in [1.29, 1.82) is 0 Å². The van der Waals surface area contributed by atoms with E-state index in [1.165, 1.54) is 4.90 Å². The third kappa shape index (κ3) is 3.66. The number of benzene rings is 2. The number of carbonyl (C=O) groups is 2. The quantitative estimate of drug-likeness (QED) is 0.914. The van der Waals surface area contributed by atoms with Crippen molar-refractivity contribution >= 4 is 17.6 Å². The normalized spacial score (nSPS) is 13.6. The fourth-order valence-electron chi connectivity index (χ4n) is 2.75. The molecule has 0 saturated heterocycles. The van der Waals surface area contributed by atoms with Crippen molar-refractivity contribution in [2.24, 2.45) is 4.99 Å². The van der Waals surface area contributed by atoms with Crippen molar-refractivity contribution in [2.45, 2.75) is 13.0 Å². The van der Waals surface area contributed by atoms with Crippen molar-refractivity contribution < 1.29 is 14.7 Å². The molecule has 1 amide bonds. The maximum atomic E-state index is 12.7. The summed E-state index contributed by atoms with van der Waals surface area (Å²) in [4.78, 5) is 30.2. The minimum absolute atomic E-state index is 0.0183. The second-order valence-corrected chi connectivity index (χ2v) is 5.88. The van der Waals surface area contributed by atoms with Crippen molar-refractivity contribution in [1.82, 2.24) is 4.90 Å². The number of likely N-dealkylation sites (N-methyl/N-ethyl adjacent to an activating group) is 1. The summed E-state index contributed by atoms with van der Waals surface area (Å²) in [5.74, 6) is -1.49. The van der Waals surface area contributed by atoms with Crippen molar-refractivity contribution in [3.05, 3.63) is 83.1 Å². The summed E-state index contributed by atoms with van der Waals surface area (Å²) in [6.07, 6.45) is 0.152. The van der Waals surface area contributed by atoms with Gasteiger partial charge in [-0.05, 0) is 11.1 Å². The lowest BCUT2D eigenvalue weighted by Crippen LogP contribution is -2.28. The van der Waals surface area contributed by atoms with Crippen LogP contribution in [-0.4, -0.2) is 34.6 Å². The summed E-state index contributed by atoms with van der Waals surface area (Å²) in [7, 11) is 1.65. The summed E-state index contributed by atoms with van der Waals surface area (Å²) < 4.78 is 0. The number of hydrogen-bond acceptors (Lipinski definition) is 3. The molecule has 5 heteroatoms. The second kappa shape index (κ2) is 7.13. The van der Waals surface area contributed by atoms with Crippen LogP contribution < -0.4 is 0 Å². The topological polar surface area (TPSA) is 70.0 Å². The Morgan fingerprint density at radius 3 is 2.24 bits per heavy atom. The molecular weight excluding hydrogens is 316 g/mol. The highest BCUT2D eigenvalue weighted by molar-refractivity contribution is 6.15. The second-order valence-electron chi connectivity index (χ2n) is 5.88. The van der Waals surface area contributed by atoms with E-state index in [0.29, 0.717) is 12.3 Å². The van der Waals surface area contributed by atoms with Crippen LogP contribution in [0.25, 0.3) is 0 Å². The minimum Gasteiger partial charge on any atom is -0.478 e. The number of carbonyl (C=O) groups excluding carboxylic acids is 1. The average molecular weight is 334 g/mol. The number of carboxylic acids is 1. The number of hydrogen-bond donors (Lipinski definition) is 1. The molecule has 0 unspecified atom stereocenters. The monoisotopic (exact) mass is 334 g/mol. The molecule has 0 atom stereocenters. The summed E-state index contributed by atoms with van der Waals surface area (Å²) >= 11 is 0. The highest BCUT2D eigenvalue weighted by Gasteiger charge is 2.30. The van der Waals surface area contributed by atoms with E-state index in [1.807, 2.05) is 60.7 Å². The van der Waals surface area contributed by atoms with Crippen LogP contribution in [0.4, 0.5) is 0 Å². The summed E-state index contributed by atoms with van der Waals surface area (Å²) in [6.45, 7) is 0.395. The highest BCUT2D eigenvalue weighted by atomic mass is 16.4. The molecule has 0 radical (unpaired) electrons. The van der Waals surface area contributed by atoms with Gasteiger partial charge in [-0.25, -0.2) is 9.79 Å². The Hall–Kier alpha value is -3.21. The molecule has 126 valence electrons. The maximum absolute atomic E-state index is 12.7. The molecule has 1 aliphatic rings. The lowest BCUT2D eigenvalue weighted by molar-refractivity contribution is -0.133. The van der Waals surface area contributed by atoms with Gasteiger partial charge in [-0.1, -0.05) is 60.7 Å². The van der Waals surface area contributed by atoms with Crippen LogP contribution in [0, 0.1) is 0 Å². The zero-order valence-electron chi connectivity index (χ0n) is 13.8. The summed E-state index contributed by atoms with van der Waals surface area (Å²) in [5.41, 5.74) is 2.47. The first kappa shape index (κ1) is 16.6. The number of nitrogens with zero attached hydrogens (tertiary/aromatic N) is 2. The lowest BCUT2D eigenvalue weighted by atomic mass is 10.0. The van der Waals surface area contributed by atoms with Crippen LogP contribution in [0.3, 0.4) is 0 Å². The van der Waals surface area contributed by atoms with Crippen LogP contribution in [-0.2, 0) is 16.1 Å². The summed E-state index contributed by atoms with van der Waals surface area (Å²) in [6, 6.07) is 18.9. The van der Waals surface area contributed by atoms with Gasteiger partial charge in [0.1, 0.15) is 5.70 Å². The SMILES string of the molecule is CN(Cc1ccccc1)C(=O)C1=C(C(=O)O)CC(c2ccccc2)=N1. The first-order chi connectivity index (χ1) is 12.1. The van der Waals surface area contributed by atoms with Gasteiger partial charge in [-0.15, -0.1) is 0 Å². The molecule has 2 aromatic rings. The fourth-order valence-corrected chi connectivity index (χ4v) is 2.75. The van der Waals surface area contributed by atoms with Gasteiger partial charge in [0.25, 0.3) is 5.91 Å². The standard InChI is InChI=1S/C20H18N2O3/c1-22(13-14-8-4-2-5-9-14)19(23)18-16(20(24)25)12-17(21-18)15-10-6-3-7-11-15/h2-11H,12-13H2,1H3,(H,24,25). The van der Waals surface area contributed by atoms with Crippen LogP contribution in [0.5, 0.6) is 0 Å². The minimum atomic E-state index is -1.11. The molecule has 5 nitrogen and oxygen atoms in total. The van der Waals surface area contributed by atoms with Gasteiger partial charge in [-0.3, -0.25) is 4.79 Å². The third-order valence-electron chi connectivity index (χ3n) is 4.05. The number of aliphatic imine (C=N–C) groups is 1. The molecular formula is C20H18N2O3. The molecule has 3 rings (SSSR count). The molecule has 1 aliphatic heterocycles. The first-order valence-corrected chi connectivity index (χ1v) is 7.95. The molecule has 0 spiro atoms. The molecule has 25 heavy (non-hydrogen) atoms. The average Bonchev–Trinajstić information content (AvgIpc) is 3.08. The molecule has 0 bridgehead atoms. The Balaban J connectivity index is 1.85. The molecule has 0 aromatic heterocycles. The number of amides is 1. The molecule has 1 N–H and O–H groups in total. The zero-order chi connectivity index (χ0) is 17.8. The lowest BCUT2D eigenvalue weighted by Gasteiger charge is -2.17. The number of carboxylic acid groups (broad SMARTS) is 1. The van der Waals surface area contributed by atoms with E-state index in [4.69, 9.17) is 0 Å². The van der Waals surface area contributed by atoms with Crippen LogP contribution in [0.1, 0.15) is 17.5 Å². The Morgan fingerprint density at radius 1 is 1.04 bits per heavy atom. The predicted molar refractivity (Wildman–Crippen MR) is 95.2 cm³/mol. The van der Waals surface area contributed by atoms with Crippen molar-refractivity contribution in [2.75, 3.05) is 7.05 Å². The molecule has 0 fully saturated rings. The van der Waals surface area contributed by atoms with Gasteiger partial charge in [0.2, 0.25) is 0 Å². The number of rotatable bonds is 5. The zero-order valence-corrected chi connectivity index (χ0v) is 13.8. The fraction of sp³-hybridized carbons (Fsp3) is 0.150. The maximum Gasteiger partial charge on any atom is 0.334 e. The molecule has 1 heterocycles. The smallest absolute Gasteiger partial charge is 0.334 e. The number of aliphatic carboxylic acids is 1. The molecule has 2 aromatic carbocycles. The third-order valence-corrected chi connectivity index (χ3v) is 4.05. The Labute approximate surface area is 145 Å². The van der Waals surface area contributed by atoms with Crippen LogP contribution >= 0.6 is 0 Å². The van der Waals surface area contributed by atoms with E-state index < -0.39 is 5.97 Å². The van der Waals surface area contributed by atoms with Crippen molar-refractivity contribution in [3.63, 3.8) is 0 Å². The van der Waals surface area contributed by atoms with E-state index in [9.17, 15) is 14.7 Å². The van der Waals surface area contributed by atoms with Gasteiger partial charge < -0.3 is 10.0 Å². The highest BCUT2D eigenvalue weighted by Crippen LogP contribution is 2.25. The predicted octanol–water partition coefficient (Wildman–Crippen LogP) is 2.88. The Bertz CT molecular complexity index is 855. The van der Waals surface area contributed by atoms with E-state index in [1.54, 1.807) is 7.05 Å². The van der Waals surface area contributed by atoms with E-state index in [0.717, 1.165) is 11.1 Å². The van der Waals surface area contributed by atoms with Gasteiger partial charge in [0.15, 0.2) is 0 Å². The van der Waals surface area contributed by atoms with Gasteiger partial charge >= 0.3 is 5.97 Å². The van der Waals surface area contributed by atoms with Gasteiger partial charge in [0.05, 0.1) is 11.3 Å². The molecule has 0 saturated carbocycles. The Morgan fingerprint density at radius 2 is 1.64 bits per heavy atom. The van der Waals surface area contributed by atoms with Crippen LogP contribution in [0.15, 0.2) is 76.9 Å².